The summed E-state index contributed by atoms with van der Waals surface area (Å²) >= 11 is 13.0. The van der Waals surface area contributed by atoms with Crippen molar-refractivity contribution in [2.45, 2.75) is 19.4 Å². The van der Waals surface area contributed by atoms with Gasteiger partial charge < -0.3 is 9.64 Å². The SMILES string of the molecule is O=C(CN1C(=O)S/C(=C\c2ccccc2OCc2ccc(Cl)cc2Cl)C1=O)N1CCCC1. The Balaban J connectivity index is 1.48. The number of imide groups is 1. The molecule has 2 aromatic rings. The molecule has 0 spiro atoms. The molecule has 2 saturated heterocycles. The largest absolute Gasteiger partial charge is 0.488 e. The maximum atomic E-state index is 12.8. The average Bonchev–Trinajstić information content (AvgIpc) is 3.39. The number of nitrogens with zero attached hydrogens (tertiary/aromatic N) is 2. The minimum atomic E-state index is -0.469. The predicted octanol–water partition coefficient (Wildman–Crippen LogP) is 5.23. The van der Waals surface area contributed by atoms with Crippen molar-refractivity contribution < 1.29 is 19.1 Å². The standard InChI is InChI=1S/C23H20Cl2N2O4S/c24-17-8-7-16(18(25)12-17)14-31-19-6-2-1-5-15(19)11-20-22(29)27(23(30)32-20)13-21(28)26-9-3-4-10-26/h1-2,5-8,11-12H,3-4,9-10,13-14H2/b20-11-. The van der Waals surface area contributed by atoms with E-state index in [-0.39, 0.29) is 24.0 Å². The molecule has 2 aromatic carbocycles. The molecule has 2 heterocycles. The van der Waals surface area contributed by atoms with Crippen LogP contribution in [0.15, 0.2) is 47.4 Å². The van der Waals surface area contributed by atoms with Crippen molar-refractivity contribution in [1.82, 2.24) is 9.80 Å². The van der Waals surface area contributed by atoms with E-state index in [0.717, 1.165) is 35.1 Å². The van der Waals surface area contributed by atoms with Gasteiger partial charge in [-0.2, -0.15) is 0 Å². The van der Waals surface area contributed by atoms with Gasteiger partial charge in [0.2, 0.25) is 5.91 Å². The van der Waals surface area contributed by atoms with Crippen LogP contribution in [0.25, 0.3) is 6.08 Å². The molecule has 0 radical (unpaired) electrons. The molecule has 32 heavy (non-hydrogen) atoms. The van der Waals surface area contributed by atoms with Gasteiger partial charge >= 0.3 is 0 Å². The number of para-hydroxylation sites is 1. The summed E-state index contributed by atoms with van der Waals surface area (Å²) in [6.45, 7) is 1.34. The summed E-state index contributed by atoms with van der Waals surface area (Å²) < 4.78 is 5.92. The summed E-state index contributed by atoms with van der Waals surface area (Å²) in [6, 6.07) is 12.4. The van der Waals surface area contributed by atoms with E-state index >= 15 is 0 Å². The van der Waals surface area contributed by atoms with Gasteiger partial charge in [0.15, 0.2) is 0 Å². The zero-order valence-corrected chi connectivity index (χ0v) is 19.4. The molecule has 0 aromatic heterocycles. The molecule has 2 aliphatic heterocycles. The number of rotatable bonds is 6. The normalized spacial score (nSPS) is 17.5. The third kappa shape index (κ3) is 5.11. The van der Waals surface area contributed by atoms with Crippen LogP contribution >= 0.6 is 35.0 Å². The second-order valence-electron chi connectivity index (χ2n) is 7.42. The minimum Gasteiger partial charge on any atom is -0.488 e. The van der Waals surface area contributed by atoms with Gasteiger partial charge in [-0.3, -0.25) is 19.3 Å². The molecule has 0 N–H and O–H groups in total. The van der Waals surface area contributed by atoms with Crippen LogP contribution in [-0.4, -0.2) is 46.5 Å². The van der Waals surface area contributed by atoms with Crippen LogP contribution in [0.4, 0.5) is 4.79 Å². The van der Waals surface area contributed by atoms with Crippen molar-refractivity contribution in [1.29, 1.82) is 0 Å². The third-order valence-corrected chi connectivity index (χ3v) is 6.72. The van der Waals surface area contributed by atoms with Crippen LogP contribution in [0.1, 0.15) is 24.0 Å². The molecule has 166 valence electrons. The Bertz CT molecular complexity index is 1100. The van der Waals surface area contributed by atoms with Crippen molar-refractivity contribution in [2.75, 3.05) is 19.6 Å². The van der Waals surface area contributed by atoms with Gasteiger partial charge in [0.25, 0.3) is 11.1 Å². The Kier molecular flexibility index (Phi) is 7.08. The first kappa shape index (κ1) is 22.7. The van der Waals surface area contributed by atoms with Gasteiger partial charge in [0, 0.05) is 34.3 Å². The van der Waals surface area contributed by atoms with Gasteiger partial charge in [-0.15, -0.1) is 0 Å². The van der Waals surface area contributed by atoms with E-state index in [0.29, 0.717) is 34.4 Å². The minimum absolute atomic E-state index is 0.199. The highest BCUT2D eigenvalue weighted by molar-refractivity contribution is 8.18. The number of hydrogen-bond acceptors (Lipinski definition) is 5. The fourth-order valence-electron chi connectivity index (χ4n) is 3.50. The summed E-state index contributed by atoms with van der Waals surface area (Å²) in [6.07, 6.45) is 3.52. The van der Waals surface area contributed by atoms with Gasteiger partial charge in [-0.1, -0.05) is 47.5 Å². The van der Waals surface area contributed by atoms with Crippen molar-refractivity contribution >= 4 is 58.1 Å². The number of carbonyl (C=O) groups excluding carboxylic acids is 3. The average molecular weight is 491 g/mol. The molecule has 2 aliphatic rings. The van der Waals surface area contributed by atoms with Gasteiger partial charge in [0.05, 0.1) is 4.91 Å². The lowest BCUT2D eigenvalue weighted by Gasteiger charge is -2.18. The van der Waals surface area contributed by atoms with E-state index in [9.17, 15) is 14.4 Å². The zero-order valence-electron chi connectivity index (χ0n) is 17.1. The monoisotopic (exact) mass is 490 g/mol. The predicted molar refractivity (Wildman–Crippen MR) is 126 cm³/mol. The number of amides is 3. The summed E-state index contributed by atoms with van der Waals surface area (Å²) in [7, 11) is 0. The number of benzene rings is 2. The molecule has 3 amide bonds. The lowest BCUT2D eigenvalue weighted by Crippen LogP contribution is -2.40. The molecular formula is C23H20Cl2N2O4S. The quantitative estimate of drug-likeness (QED) is 0.518. The molecule has 0 aliphatic carbocycles. The molecule has 2 fully saturated rings. The van der Waals surface area contributed by atoms with Crippen LogP contribution in [0.2, 0.25) is 10.0 Å². The second-order valence-corrected chi connectivity index (χ2v) is 9.25. The smallest absolute Gasteiger partial charge is 0.294 e. The maximum absolute atomic E-state index is 12.8. The number of halogens is 2. The maximum Gasteiger partial charge on any atom is 0.294 e. The van der Waals surface area contributed by atoms with Gasteiger partial charge in [0.1, 0.15) is 18.9 Å². The Morgan fingerprint density at radius 1 is 1.09 bits per heavy atom. The molecule has 9 heteroatoms. The van der Waals surface area contributed by atoms with Gasteiger partial charge in [-0.05, 0) is 48.9 Å². The van der Waals surface area contributed by atoms with E-state index in [1.807, 2.05) is 12.1 Å². The van der Waals surface area contributed by atoms with E-state index < -0.39 is 11.1 Å². The summed E-state index contributed by atoms with van der Waals surface area (Å²) in [5.74, 6) is -0.129. The molecule has 0 atom stereocenters. The summed E-state index contributed by atoms with van der Waals surface area (Å²) in [5.41, 5.74) is 1.42. The lowest BCUT2D eigenvalue weighted by atomic mass is 10.1. The number of likely N-dealkylation sites (tertiary alicyclic amines) is 1. The topological polar surface area (TPSA) is 66.9 Å². The Hall–Kier alpha value is -2.48. The van der Waals surface area contributed by atoms with Crippen molar-refractivity contribution in [3.8, 4) is 5.75 Å². The third-order valence-electron chi connectivity index (χ3n) is 5.23. The van der Waals surface area contributed by atoms with Crippen molar-refractivity contribution in [2.24, 2.45) is 0 Å². The van der Waals surface area contributed by atoms with Crippen LogP contribution in [0.3, 0.4) is 0 Å². The molecule has 0 bridgehead atoms. The molecular weight excluding hydrogens is 471 g/mol. The summed E-state index contributed by atoms with van der Waals surface area (Å²) in [4.78, 5) is 40.6. The fourth-order valence-corrected chi connectivity index (χ4v) is 4.80. The van der Waals surface area contributed by atoms with E-state index in [2.05, 4.69) is 0 Å². The Morgan fingerprint density at radius 3 is 2.59 bits per heavy atom. The number of thioether (sulfide) groups is 1. The Morgan fingerprint density at radius 2 is 1.84 bits per heavy atom. The van der Waals surface area contributed by atoms with Crippen LogP contribution in [0, 0.1) is 0 Å². The van der Waals surface area contributed by atoms with Crippen molar-refractivity contribution in [3.05, 3.63) is 68.5 Å². The lowest BCUT2D eigenvalue weighted by molar-refractivity contribution is -0.135. The molecule has 6 nitrogen and oxygen atoms in total. The van der Waals surface area contributed by atoms with Gasteiger partial charge in [-0.25, -0.2) is 0 Å². The first-order chi connectivity index (χ1) is 15.4. The highest BCUT2D eigenvalue weighted by Gasteiger charge is 2.37. The first-order valence-electron chi connectivity index (χ1n) is 10.1. The first-order valence-corrected chi connectivity index (χ1v) is 11.7. The van der Waals surface area contributed by atoms with Crippen molar-refractivity contribution in [3.63, 3.8) is 0 Å². The Labute approximate surface area is 200 Å². The number of carbonyl (C=O) groups is 3. The zero-order chi connectivity index (χ0) is 22.7. The summed E-state index contributed by atoms with van der Waals surface area (Å²) in [5, 5.41) is 0.594. The molecule has 4 rings (SSSR count). The van der Waals surface area contributed by atoms with E-state index in [1.54, 1.807) is 41.3 Å². The number of hydrogen-bond donors (Lipinski definition) is 0. The highest BCUT2D eigenvalue weighted by atomic mass is 35.5. The second kappa shape index (κ2) is 9.98. The van der Waals surface area contributed by atoms with E-state index in [1.165, 1.54) is 0 Å². The van der Waals surface area contributed by atoms with Crippen LogP contribution < -0.4 is 4.74 Å². The van der Waals surface area contributed by atoms with Crippen LogP contribution in [-0.2, 0) is 16.2 Å². The molecule has 0 saturated carbocycles. The van der Waals surface area contributed by atoms with Crippen LogP contribution in [0.5, 0.6) is 5.75 Å². The molecule has 0 unspecified atom stereocenters. The fraction of sp³-hybridized carbons (Fsp3) is 0.261. The van der Waals surface area contributed by atoms with E-state index in [4.69, 9.17) is 27.9 Å². The number of ether oxygens (including phenoxy) is 1. The highest BCUT2D eigenvalue weighted by Crippen LogP contribution is 2.34.